The molecule has 1 atom stereocenters. The maximum absolute atomic E-state index is 11.8. The van der Waals surface area contributed by atoms with E-state index in [4.69, 9.17) is 0 Å². The van der Waals surface area contributed by atoms with E-state index in [2.05, 4.69) is 13.8 Å². The second-order valence-corrected chi connectivity index (χ2v) is 7.95. The van der Waals surface area contributed by atoms with Crippen LogP contribution in [-0.2, 0) is 5.11 Å². The SMILES string of the molecule is CCCCCCCCCCSC([O])CCCCCCCCC. The molecule has 1 unspecified atom stereocenters. The lowest BCUT2D eigenvalue weighted by Crippen LogP contribution is -2.00. The van der Waals surface area contributed by atoms with Crippen molar-refractivity contribution in [1.82, 2.24) is 0 Å². The van der Waals surface area contributed by atoms with Crippen LogP contribution in [0.4, 0.5) is 0 Å². The van der Waals surface area contributed by atoms with Crippen LogP contribution in [0.25, 0.3) is 0 Å². The number of rotatable bonds is 18. The van der Waals surface area contributed by atoms with E-state index in [1.54, 1.807) is 11.8 Å². The molecule has 0 N–H and O–H groups in total. The normalized spacial score (nSPS) is 12.7. The zero-order valence-corrected chi connectivity index (χ0v) is 16.2. The third-order valence-electron chi connectivity index (χ3n) is 4.35. The van der Waals surface area contributed by atoms with Crippen molar-refractivity contribution in [3.05, 3.63) is 0 Å². The summed E-state index contributed by atoms with van der Waals surface area (Å²) in [5.41, 5.74) is -0.361. The van der Waals surface area contributed by atoms with Crippen LogP contribution in [0, 0.1) is 0 Å². The average molecular weight is 330 g/mol. The van der Waals surface area contributed by atoms with Gasteiger partial charge in [0.15, 0.2) is 0 Å². The highest BCUT2D eigenvalue weighted by Crippen LogP contribution is 2.19. The Labute approximate surface area is 145 Å². The van der Waals surface area contributed by atoms with Crippen LogP contribution < -0.4 is 0 Å². The van der Waals surface area contributed by atoms with Crippen LogP contribution in [0.2, 0.25) is 0 Å². The minimum Gasteiger partial charge on any atom is -0.221 e. The van der Waals surface area contributed by atoms with E-state index in [1.807, 2.05) is 0 Å². The summed E-state index contributed by atoms with van der Waals surface area (Å²) in [6, 6.07) is 0. The predicted octanol–water partition coefficient (Wildman–Crippen LogP) is 7.76. The third-order valence-corrected chi connectivity index (χ3v) is 5.48. The smallest absolute Gasteiger partial charge is 0.138 e. The Balaban J connectivity index is 3.11. The van der Waals surface area contributed by atoms with Crippen LogP contribution in [-0.4, -0.2) is 11.2 Å². The summed E-state index contributed by atoms with van der Waals surface area (Å²) in [7, 11) is 0. The maximum atomic E-state index is 11.8. The highest BCUT2D eigenvalue weighted by atomic mass is 32.2. The molecule has 0 saturated heterocycles. The van der Waals surface area contributed by atoms with Gasteiger partial charge in [0, 0.05) is 0 Å². The number of hydrogen-bond acceptors (Lipinski definition) is 1. The molecule has 0 aliphatic heterocycles. The van der Waals surface area contributed by atoms with Crippen molar-refractivity contribution in [2.24, 2.45) is 0 Å². The van der Waals surface area contributed by atoms with Gasteiger partial charge in [0.2, 0.25) is 0 Å². The molecule has 0 aromatic rings. The fourth-order valence-corrected chi connectivity index (χ4v) is 3.77. The summed E-state index contributed by atoms with van der Waals surface area (Å²) in [6.07, 6.45) is 20.9. The molecular weight excluding hydrogens is 288 g/mol. The number of thioether (sulfide) groups is 1. The lowest BCUT2D eigenvalue weighted by atomic mass is 10.1. The molecule has 1 radical (unpaired) electrons. The summed E-state index contributed by atoms with van der Waals surface area (Å²) in [4.78, 5) is 0. The molecule has 2 heteroatoms. The van der Waals surface area contributed by atoms with E-state index in [0.29, 0.717) is 0 Å². The minimum atomic E-state index is -0.361. The molecule has 0 aliphatic rings. The predicted molar refractivity (Wildman–Crippen MR) is 102 cm³/mol. The van der Waals surface area contributed by atoms with Crippen molar-refractivity contribution in [2.75, 3.05) is 5.75 Å². The van der Waals surface area contributed by atoms with Gasteiger partial charge in [0.25, 0.3) is 0 Å². The largest absolute Gasteiger partial charge is 0.221 e. The molecular formula is C20H41OS. The Morgan fingerprint density at radius 1 is 0.591 bits per heavy atom. The Hall–Kier alpha value is 0.310. The topological polar surface area (TPSA) is 19.9 Å². The molecule has 133 valence electrons. The molecule has 0 aromatic heterocycles. The molecule has 0 rings (SSSR count). The van der Waals surface area contributed by atoms with Crippen LogP contribution in [0.1, 0.15) is 117 Å². The summed E-state index contributed by atoms with van der Waals surface area (Å²) >= 11 is 1.66. The fourth-order valence-electron chi connectivity index (χ4n) is 2.80. The van der Waals surface area contributed by atoms with Gasteiger partial charge in [0.05, 0.1) is 0 Å². The molecule has 0 heterocycles. The molecule has 0 bridgehead atoms. The monoisotopic (exact) mass is 329 g/mol. The van der Waals surface area contributed by atoms with Gasteiger partial charge in [-0.1, -0.05) is 97.3 Å². The van der Waals surface area contributed by atoms with E-state index >= 15 is 0 Å². The Morgan fingerprint density at radius 2 is 1.00 bits per heavy atom. The van der Waals surface area contributed by atoms with Gasteiger partial charge >= 0.3 is 0 Å². The van der Waals surface area contributed by atoms with Gasteiger partial charge in [-0.25, -0.2) is 5.11 Å². The van der Waals surface area contributed by atoms with Crippen molar-refractivity contribution in [3.63, 3.8) is 0 Å². The quantitative estimate of drug-likeness (QED) is 0.186. The highest BCUT2D eigenvalue weighted by molar-refractivity contribution is 7.99. The molecule has 22 heavy (non-hydrogen) atoms. The van der Waals surface area contributed by atoms with Gasteiger partial charge < -0.3 is 0 Å². The molecule has 0 aromatic carbocycles. The number of hydrogen-bond donors (Lipinski definition) is 0. The summed E-state index contributed by atoms with van der Waals surface area (Å²) in [6.45, 7) is 4.52. The van der Waals surface area contributed by atoms with Crippen molar-refractivity contribution in [1.29, 1.82) is 0 Å². The van der Waals surface area contributed by atoms with Crippen molar-refractivity contribution in [2.45, 2.75) is 122 Å². The Bertz CT molecular complexity index is 196. The molecule has 1 nitrogen and oxygen atoms in total. The van der Waals surface area contributed by atoms with Crippen LogP contribution >= 0.6 is 11.8 Å². The zero-order chi connectivity index (χ0) is 16.3. The second kappa shape index (κ2) is 19.4. The molecule has 0 amide bonds. The third kappa shape index (κ3) is 18.4. The van der Waals surface area contributed by atoms with Gasteiger partial charge in [-0.3, -0.25) is 0 Å². The van der Waals surface area contributed by atoms with Crippen molar-refractivity contribution >= 4 is 11.8 Å². The Kier molecular flexibility index (Phi) is 19.6. The maximum Gasteiger partial charge on any atom is 0.138 e. The van der Waals surface area contributed by atoms with Crippen LogP contribution in [0.5, 0.6) is 0 Å². The molecule has 0 fully saturated rings. The standard InChI is InChI=1S/C20H41OS/c1-3-5-7-9-11-13-15-17-19-22-20(21)18-16-14-12-10-8-6-4-2/h20H,3-19H2,1-2H3. The lowest BCUT2D eigenvalue weighted by molar-refractivity contribution is 0.154. The first-order valence-corrected chi connectivity index (χ1v) is 11.1. The van der Waals surface area contributed by atoms with Gasteiger partial charge in [-0.2, -0.15) is 0 Å². The van der Waals surface area contributed by atoms with E-state index in [-0.39, 0.29) is 5.44 Å². The van der Waals surface area contributed by atoms with E-state index < -0.39 is 0 Å². The zero-order valence-electron chi connectivity index (χ0n) is 15.4. The first-order chi connectivity index (χ1) is 10.8. The first kappa shape index (κ1) is 22.3. The Morgan fingerprint density at radius 3 is 1.50 bits per heavy atom. The van der Waals surface area contributed by atoms with E-state index in [0.717, 1.165) is 18.6 Å². The fraction of sp³-hybridized carbons (Fsp3) is 1.00. The van der Waals surface area contributed by atoms with Gasteiger partial charge in [-0.15, -0.1) is 11.8 Å². The lowest BCUT2D eigenvalue weighted by Gasteiger charge is -2.08. The van der Waals surface area contributed by atoms with Crippen LogP contribution in [0.3, 0.4) is 0 Å². The van der Waals surface area contributed by atoms with Gasteiger partial charge in [-0.05, 0) is 25.0 Å². The van der Waals surface area contributed by atoms with E-state index in [1.165, 1.54) is 89.9 Å². The molecule has 0 aliphatic carbocycles. The summed E-state index contributed by atoms with van der Waals surface area (Å²) < 4.78 is 0. The van der Waals surface area contributed by atoms with Crippen molar-refractivity contribution < 1.29 is 5.11 Å². The summed E-state index contributed by atoms with van der Waals surface area (Å²) in [5, 5.41) is 11.8. The molecule has 0 spiro atoms. The van der Waals surface area contributed by atoms with Crippen molar-refractivity contribution in [3.8, 4) is 0 Å². The number of unbranched alkanes of at least 4 members (excludes halogenated alkanes) is 13. The van der Waals surface area contributed by atoms with Crippen LogP contribution in [0.15, 0.2) is 0 Å². The molecule has 0 saturated carbocycles. The highest BCUT2D eigenvalue weighted by Gasteiger charge is 2.05. The first-order valence-electron chi connectivity index (χ1n) is 10.1. The second-order valence-electron chi connectivity index (χ2n) is 6.69. The minimum absolute atomic E-state index is 0.361. The average Bonchev–Trinajstić information content (AvgIpc) is 2.52. The van der Waals surface area contributed by atoms with E-state index in [9.17, 15) is 5.11 Å². The summed E-state index contributed by atoms with van der Waals surface area (Å²) in [5.74, 6) is 1.08. The van der Waals surface area contributed by atoms with Gasteiger partial charge in [0.1, 0.15) is 5.44 Å².